The Kier molecular flexibility index (Phi) is 17.0. The lowest BCUT2D eigenvalue weighted by molar-refractivity contribution is -0.164. The van der Waals surface area contributed by atoms with Crippen molar-refractivity contribution in [3.63, 3.8) is 0 Å². The van der Waals surface area contributed by atoms with Crippen LogP contribution in [0.4, 0.5) is 0 Å². The third-order valence-corrected chi connectivity index (χ3v) is 8.22. The average molecular weight is 627 g/mol. The van der Waals surface area contributed by atoms with Gasteiger partial charge in [-0.2, -0.15) is 0 Å². The van der Waals surface area contributed by atoms with Gasteiger partial charge in [0.2, 0.25) is 0 Å². The minimum absolute atomic E-state index is 0.0847. The lowest BCUT2D eigenvalue weighted by atomic mass is 9.86. The third kappa shape index (κ3) is 11.1. The Balaban J connectivity index is 3.15. The maximum atomic E-state index is 12.7. The van der Waals surface area contributed by atoms with E-state index < -0.39 is 96.8 Å². The van der Waals surface area contributed by atoms with E-state index in [9.17, 15) is 45.3 Å². The van der Waals surface area contributed by atoms with Crippen LogP contribution in [-0.2, 0) is 33.3 Å². The largest absolute Gasteiger partial charge is 0.469 e. The highest BCUT2D eigenvalue weighted by Crippen LogP contribution is 2.35. The van der Waals surface area contributed by atoms with Gasteiger partial charge in [-0.1, -0.05) is 41.5 Å². The maximum absolute atomic E-state index is 12.7. The molecule has 14 unspecified atom stereocenters. The predicted octanol–water partition coefficient (Wildman–Crippen LogP) is -1.03. The molecule has 1 saturated heterocycles. The van der Waals surface area contributed by atoms with Crippen LogP contribution in [0.5, 0.6) is 0 Å². The van der Waals surface area contributed by atoms with Gasteiger partial charge in [0, 0.05) is 18.4 Å². The first-order valence-corrected chi connectivity index (χ1v) is 14.8. The summed E-state index contributed by atoms with van der Waals surface area (Å²) in [7, 11) is 2.38. The van der Waals surface area contributed by atoms with Crippen molar-refractivity contribution in [3.8, 4) is 0 Å². The molecule has 14 nitrogen and oxygen atoms in total. The lowest BCUT2D eigenvalue weighted by Gasteiger charge is -2.33. The number of epoxide rings is 1. The lowest BCUT2D eigenvalue weighted by Crippen LogP contribution is -2.49. The molecule has 0 bridgehead atoms. The Morgan fingerprint density at radius 2 is 1.33 bits per heavy atom. The van der Waals surface area contributed by atoms with Crippen LogP contribution in [0.3, 0.4) is 0 Å². The molecule has 0 aromatic heterocycles. The van der Waals surface area contributed by atoms with Crippen molar-refractivity contribution in [1.29, 1.82) is 0 Å². The minimum Gasteiger partial charge on any atom is -0.469 e. The summed E-state index contributed by atoms with van der Waals surface area (Å²) in [6, 6.07) is 0. The van der Waals surface area contributed by atoms with Crippen molar-refractivity contribution in [2.24, 2.45) is 29.6 Å². The summed E-state index contributed by atoms with van der Waals surface area (Å²) in [5, 5.41) is 71.6. The van der Waals surface area contributed by atoms with Gasteiger partial charge in [0.15, 0.2) is 6.29 Å². The van der Waals surface area contributed by atoms with Crippen LogP contribution in [0, 0.1) is 29.6 Å². The van der Waals surface area contributed by atoms with E-state index in [2.05, 4.69) is 0 Å². The second-order valence-electron chi connectivity index (χ2n) is 11.9. The molecule has 0 amide bonds. The first kappa shape index (κ1) is 39.6. The molecule has 14 heteroatoms. The maximum Gasteiger partial charge on any atom is 0.309 e. The zero-order valence-electron chi connectivity index (χ0n) is 26.5. The molecule has 43 heavy (non-hydrogen) atoms. The first-order chi connectivity index (χ1) is 20.1. The van der Waals surface area contributed by atoms with Gasteiger partial charge >= 0.3 is 11.9 Å². The molecule has 254 valence electrons. The predicted molar refractivity (Wildman–Crippen MR) is 151 cm³/mol. The highest BCUT2D eigenvalue weighted by Gasteiger charge is 2.51. The number of carbonyl (C=O) groups is 2. The highest BCUT2D eigenvalue weighted by molar-refractivity contribution is 5.81. The number of hydrogen-bond donors (Lipinski definition) is 7. The van der Waals surface area contributed by atoms with Crippen molar-refractivity contribution in [2.45, 2.75) is 116 Å². The molecule has 7 N–H and O–H groups in total. The van der Waals surface area contributed by atoms with E-state index in [1.807, 2.05) is 0 Å². The fraction of sp³-hybridized carbons (Fsp3) is 0.931. The van der Waals surface area contributed by atoms with Crippen LogP contribution >= 0.6 is 0 Å². The van der Waals surface area contributed by atoms with Gasteiger partial charge in [-0.15, -0.1) is 0 Å². The molecule has 1 aliphatic rings. The summed E-state index contributed by atoms with van der Waals surface area (Å²) in [5.74, 6) is -4.97. The van der Waals surface area contributed by atoms with Gasteiger partial charge in [-0.3, -0.25) is 9.59 Å². The quantitative estimate of drug-likeness (QED) is 0.0597. The van der Waals surface area contributed by atoms with E-state index in [1.54, 1.807) is 34.6 Å². The van der Waals surface area contributed by atoms with Gasteiger partial charge in [0.25, 0.3) is 0 Å². The van der Waals surface area contributed by atoms with Crippen molar-refractivity contribution in [1.82, 2.24) is 0 Å². The Labute approximate surface area is 253 Å². The number of esters is 2. The molecule has 0 aromatic rings. The van der Waals surface area contributed by atoms with E-state index in [0.29, 0.717) is 6.42 Å². The van der Waals surface area contributed by atoms with Gasteiger partial charge in [0.1, 0.15) is 24.4 Å². The number of hydrogen-bond acceptors (Lipinski definition) is 14. The molecule has 1 fully saturated rings. The zero-order valence-corrected chi connectivity index (χ0v) is 26.5. The highest BCUT2D eigenvalue weighted by atomic mass is 16.8. The molecule has 0 spiro atoms. The number of aliphatic hydroxyl groups is 7. The van der Waals surface area contributed by atoms with Gasteiger partial charge in [0.05, 0.1) is 63.2 Å². The summed E-state index contributed by atoms with van der Waals surface area (Å²) in [6.07, 6.45) is -12.0. The molecule has 0 aromatic carbocycles. The summed E-state index contributed by atoms with van der Waals surface area (Å²) in [4.78, 5) is 25.1. The van der Waals surface area contributed by atoms with E-state index in [1.165, 1.54) is 21.1 Å². The molecular formula is C29H54O14. The normalized spacial score (nSPS) is 25.3. The third-order valence-electron chi connectivity index (χ3n) is 8.22. The number of methoxy groups -OCH3 is 2. The number of ether oxygens (including phenoxy) is 5. The number of carbonyl (C=O) groups excluding carboxylic acids is 2. The monoisotopic (exact) mass is 626 g/mol. The van der Waals surface area contributed by atoms with Gasteiger partial charge in [-0.25, -0.2) is 0 Å². The van der Waals surface area contributed by atoms with Crippen molar-refractivity contribution in [2.75, 3.05) is 27.4 Å². The van der Waals surface area contributed by atoms with Crippen molar-refractivity contribution in [3.05, 3.63) is 0 Å². The van der Waals surface area contributed by atoms with Crippen molar-refractivity contribution < 1.29 is 69.0 Å². The molecule has 1 aliphatic heterocycles. The van der Waals surface area contributed by atoms with Crippen LogP contribution in [0.15, 0.2) is 0 Å². The molecule has 0 aliphatic carbocycles. The van der Waals surface area contributed by atoms with Crippen molar-refractivity contribution >= 4 is 11.9 Å². The second-order valence-corrected chi connectivity index (χ2v) is 11.9. The van der Waals surface area contributed by atoms with Crippen LogP contribution in [-0.4, -0.2) is 136 Å². The Morgan fingerprint density at radius 3 is 1.81 bits per heavy atom. The first-order valence-electron chi connectivity index (χ1n) is 14.8. The summed E-state index contributed by atoms with van der Waals surface area (Å²) in [6.45, 7) is 9.27. The Morgan fingerprint density at radius 1 is 0.767 bits per heavy atom. The molecule has 1 rings (SSSR count). The molecule has 1 heterocycles. The number of aliphatic hydroxyl groups excluding tert-OH is 7. The molecule has 14 atom stereocenters. The smallest absolute Gasteiger partial charge is 0.309 e. The standard InChI is InChI=1S/C29H54O14/c1-9-18(41-12-15(5)22(33)24(35)23(34)20(31)13(2)3)19(10-17(28(38)40-8)16(6)27(37)39-7)42-29-26(43-29)25(36)21(32)14(4)11-30/h13-26,29-36H,9-12H2,1-8H3. The van der Waals surface area contributed by atoms with E-state index in [4.69, 9.17) is 23.7 Å². The van der Waals surface area contributed by atoms with Crippen LogP contribution in [0.1, 0.15) is 54.4 Å². The Bertz CT molecular complexity index is 827. The Hall–Kier alpha value is -1.46. The van der Waals surface area contributed by atoms with Crippen LogP contribution in [0.25, 0.3) is 0 Å². The zero-order chi connectivity index (χ0) is 33.2. The molecule has 0 radical (unpaired) electrons. The van der Waals surface area contributed by atoms with E-state index in [-0.39, 0.29) is 25.6 Å². The van der Waals surface area contributed by atoms with Crippen LogP contribution in [0.2, 0.25) is 0 Å². The fourth-order valence-electron chi connectivity index (χ4n) is 4.82. The van der Waals surface area contributed by atoms with E-state index in [0.717, 1.165) is 0 Å². The number of rotatable bonds is 21. The summed E-state index contributed by atoms with van der Waals surface area (Å²) in [5.41, 5.74) is 0. The summed E-state index contributed by atoms with van der Waals surface area (Å²) >= 11 is 0. The average Bonchev–Trinajstić information content (AvgIpc) is 3.78. The van der Waals surface area contributed by atoms with Crippen LogP contribution < -0.4 is 0 Å². The van der Waals surface area contributed by atoms with Gasteiger partial charge in [-0.05, 0) is 18.8 Å². The fourth-order valence-corrected chi connectivity index (χ4v) is 4.82. The molecule has 0 saturated carbocycles. The van der Waals surface area contributed by atoms with Gasteiger partial charge < -0.3 is 59.4 Å². The summed E-state index contributed by atoms with van der Waals surface area (Å²) < 4.78 is 27.4. The second kappa shape index (κ2) is 18.5. The molecular weight excluding hydrogens is 572 g/mol. The topological polar surface area (TPSA) is 225 Å². The SMILES string of the molecule is CCC(OCC(C)C(O)C(O)C(O)C(O)C(C)C)C(CC(C(=O)OC)C(C)C(=O)OC)OC1OC1C(O)C(O)C(C)CO. The minimum atomic E-state index is -1.65. The van der Waals surface area contributed by atoms with E-state index >= 15 is 0 Å².